The zero-order valence-corrected chi connectivity index (χ0v) is 20.2. The molecule has 0 aliphatic carbocycles. The van der Waals surface area contributed by atoms with Crippen LogP contribution in [0.2, 0.25) is 0 Å². The van der Waals surface area contributed by atoms with Crippen molar-refractivity contribution in [3.8, 4) is 0 Å². The van der Waals surface area contributed by atoms with E-state index in [1.54, 1.807) is 0 Å². The molecule has 0 saturated carbocycles. The number of fused-ring (bicyclic) bond motifs is 1. The normalized spacial score (nSPS) is 12.4. The van der Waals surface area contributed by atoms with Gasteiger partial charge in [0.25, 0.3) is 5.91 Å². The number of halogens is 1. The van der Waals surface area contributed by atoms with Gasteiger partial charge in [-0.3, -0.25) is 4.79 Å². The Morgan fingerprint density at radius 3 is 2.39 bits per heavy atom. The number of sulfonamides is 1. The lowest BCUT2D eigenvalue weighted by Crippen LogP contribution is -2.31. The van der Waals surface area contributed by atoms with E-state index < -0.39 is 15.9 Å². The van der Waals surface area contributed by atoms with Crippen LogP contribution in [0.15, 0.2) is 82.1 Å². The highest BCUT2D eigenvalue weighted by molar-refractivity contribution is 9.10. The van der Waals surface area contributed by atoms with Gasteiger partial charge in [0.1, 0.15) is 0 Å². The summed E-state index contributed by atoms with van der Waals surface area (Å²) in [6.07, 6.45) is 3.04. The number of aromatic nitrogens is 1. The van der Waals surface area contributed by atoms with Crippen LogP contribution in [0.5, 0.6) is 0 Å². The Labute approximate surface area is 194 Å². The highest BCUT2D eigenvalue weighted by Gasteiger charge is 2.22. The monoisotopic (exact) mass is 519 g/mol. The van der Waals surface area contributed by atoms with Gasteiger partial charge >= 0.3 is 0 Å². The SMILES string of the molecule is C=CCN(CC=C)S(=O)(=O)c1ccc(C(=O)N=c2sc3cccc(Br)c3n2CC)cc1. The first kappa shape index (κ1) is 23.3. The van der Waals surface area contributed by atoms with E-state index in [1.165, 1.54) is 52.1 Å². The number of hydrogen-bond donors (Lipinski definition) is 0. The van der Waals surface area contributed by atoms with Crippen molar-refractivity contribution in [1.82, 2.24) is 8.87 Å². The lowest BCUT2D eigenvalue weighted by atomic mass is 10.2. The minimum Gasteiger partial charge on any atom is -0.316 e. The quantitative estimate of drug-likeness (QED) is 0.408. The van der Waals surface area contributed by atoms with E-state index in [-0.39, 0.29) is 18.0 Å². The number of rotatable bonds is 8. The van der Waals surface area contributed by atoms with Crippen molar-refractivity contribution in [3.63, 3.8) is 0 Å². The Morgan fingerprint density at radius 2 is 1.81 bits per heavy atom. The molecule has 1 aromatic heterocycles. The van der Waals surface area contributed by atoms with Gasteiger partial charge in [0.2, 0.25) is 10.0 Å². The van der Waals surface area contributed by atoms with Gasteiger partial charge in [-0.25, -0.2) is 8.42 Å². The summed E-state index contributed by atoms with van der Waals surface area (Å²) in [5.74, 6) is -0.428. The molecule has 1 amide bonds. The zero-order chi connectivity index (χ0) is 22.6. The summed E-state index contributed by atoms with van der Waals surface area (Å²) >= 11 is 4.99. The van der Waals surface area contributed by atoms with Crippen LogP contribution in [-0.2, 0) is 16.6 Å². The molecule has 0 bridgehead atoms. The van der Waals surface area contributed by atoms with Gasteiger partial charge < -0.3 is 4.57 Å². The molecule has 2 aromatic carbocycles. The number of thiazole rings is 1. The Balaban J connectivity index is 1.96. The van der Waals surface area contributed by atoms with Gasteiger partial charge in [0.05, 0.1) is 15.1 Å². The second kappa shape index (κ2) is 9.86. The molecule has 162 valence electrons. The fourth-order valence-corrected chi connectivity index (χ4v) is 6.31. The number of carbonyl (C=O) groups is 1. The first-order valence-corrected chi connectivity index (χ1v) is 12.6. The van der Waals surface area contributed by atoms with Crippen molar-refractivity contribution in [2.45, 2.75) is 18.4 Å². The molecule has 0 radical (unpaired) electrons. The van der Waals surface area contributed by atoms with E-state index in [1.807, 2.05) is 29.7 Å². The third-order valence-electron chi connectivity index (χ3n) is 4.57. The molecule has 3 rings (SSSR count). The minimum atomic E-state index is -3.72. The maximum Gasteiger partial charge on any atom is 0.279 e. The number of nitrogens with zero attached hydrogens (tertiary/aromatic N) is 3. The predicted octanol–water partition coefficient (Wildman–Crippen LogP) is 4.59. The molecule has 9 heteroatoms. The van der Waals surface area contributed by atoms with E-state index in [9.17, 15) is 13.2 Å². The van der Waals surface area contributed by atoms with Gasteiger partial charge in [0, 0.05) is 29.7 Å². The smallest absolute Gasteiger partial charge is 0.279 e. The van der Waals surface area contributed by atoms with E-state index >= 15 is 0 Å². The molecule has 0 fully saturated rings. The molecule has 6 nitrogen and oxygen atoms in total. The Hall–Kier alpha value is -2.33. The van der Waals surface area contributed by atoms with Crippen LogP contribution in [0.4, 0.5) is 0 Å². The molecule has 0 spiro atoms. The maximum absolute atomic E-state index is 12.8. The molecule has 1 heterocycles. The van der Waals surface area contributed by atoms with E-state index in [0.29, 0.717) is 16.9 Å². The molecule has 0 N–H and O–H groups in total. The van der Waals surface area contributed by atoms with E-state index in [2.05, 4.69) is 34.1 Å². The Bertz CT molecular complexity index is 1300. The summed E-state index contributed by atoms with van der Waals surface area (Å²) in [7, 11) is -3.72. The highest BCUT2D eigenvalue weighted by Crippen LogP contribution is 2.25. The van der Waals surface area contributed by atoms with Gasteiger partial charge in [-0.2, -0.15) is 9.30 Å². The molecule has 3 aromatic rings. The number of benzene rings is 2. The third kappa shape index (κ3) is 4.79. The summed E-state index contributed by atoms with van der Waals surface area (Å²) in [5, 5.41) is 0. The topological polar surface area (TPSA) is 71.7 Å². The van der Waals surface area contributed by atoms with Crippen molar-refractivity contribution < 1.29 is 13.2 Å². The van der Waals surface area contributed by atoms with Crippen LogP contribution in [0.25, 0.3) is 10.2 Å². The first-order chi connectivity index (χ1) is 14.8. The minimum absolute atomic E-state index is 0.0992. The van der Waals surface area contributed by atoms with Crippen LogP contribution < -0.4 is 4.80 Å². The summed E-state index contributed by atoms with van der Waals surface area (Å²) in [6.45, 7) is 10.2. The second-order valence-corrected chi connectivity index (χ2v) is 10.4. The van der Waals surface area contributed by atoms with Gasteiger partial charge in [-0.05, 0) is 59.3 Å². The summed E-state index contributed by atoms with van der Waals surface area (Å²) in [6, 6.07) is 11.7. The molecule has 0 aliphatic rings. The lowest BCUT2D eigenvalue weighted by molar-refractivity contribution is 0.0997. The standard InChI is InChI=1S/C22H22BrN3O3S2/c1-4-14-25(15-5-2)31(28,29)17-12-10-16(11-13-17)21(27)24-22-26(6-3)20-18(23)8-7-9-19(20)30-22/h4-5,7-13H,1-2,6,14-15H2,3H3. The summed E-state index contributed by atoms with van der Waals surface area (Å²) < 4.78 is 30.8. The van der Waals surface area contributed by atoms with Crippen molar-refractivity contribution >= 4 is 53.4 Å². The number of hydrogen-bond acceptors (Lipinski definition) is 4. The average molecular weight is 520 g/mol. The van der Waals surface area contributed by atoms with E-state index in [0.717, 1.165) is 14.7 Å². The Morgan fingerprint density at radius 1 is 1.16 bits per heavy atom. The van der Waals surface area contributed by atoms with Crippen LogP contribution in [-0.4, -0.2) is 36.3 Å². The molecular formula is C22H22BrN3O3S2. The largest absolute Gasteiger partial charge is 0.316 e. The molecule has 0 saturated heterocycles. The number of para-hydroxylation sites is 1. The average Bonchev–Trinajstić information content (AvgIpc) is 3.12. The highest BCUT2D eigenvalue weighted by atomic mass is 79.9. The first-order valence-electron chi connectivity index (χ1n) is 9.52. The number of aryl methyl sites for hydroxylation is 1. The van der Waals surface area contributed by atoms with Gasteiger partial charge in [-0.1, -0.05) is 29.6 Å². The fraction of sp³-hybridized carbons (Fsp3) is 0.182. The van der Waals surface area contributed by atoms with Crippen molar-refractivity contribution in [2.75, 3.05) is 13.1 Å². The molecule has 0 unspecified atom stereocenters. The van der Waals surface area contributed by atoms with Crippen LogP contribution >= 0.6 is 27.3 Å². The second-order valence-electron chi connectivity index (χ2n) is 6.56. The predicted molar refractivity (Wildman–Crippen MR) is 129 cm³/mol. The van der Waals surface area contributed by atoms with Crippen molar-refractivity contribution in [1.29, 1.82) is 0 Å². The zero-order valence-electron chi connectivity index (χ0n) is 17.0. The molecule has 0 atom stereocenters. The maximum atomic E-state index is 12.8. The number of amides is 1. The van der Waals surface area contributed by atoms with Crippen LogP contribution in [0.3, 0.4) is 0 Å². The molecule has 31 heavy (non-hydrogen) atoms. The van der Waals surface area contributed by atoms with Gasteiger partial charge in [-0.15, -0.1) is 13.2 Å². The van der Waals surface area contributed by atoms with Crippen molar-refractivity contribution in [3.05, 3.63) is 82.6 Å². The van der Waals surface area contributed by atoms with Gasteiger partial charge in [0.15, 0.2) is 4.80 Å². The van der Waals surface area contributed by atoms with E-state index in [4.69, 9.17) is 0 Å². The van der Waals surface area contributed by atoms with Crippen LogP contribution in [0, 0.1) is 0 Å². The number of carbonyl (C=O) groups excluding carboxylic acids is 1. The Kier molecular flexibility index (Phi) is 7.42. The summed E-state index contributed by atoms with van der Waals surface area (Å²) in [5.41, 5.74) is 1.31. The van der Waals surface area contributed by atoms with Crippen LogP contribution in [0.1, 0.15) is 17.3 Å². The third-order valence-corrected chi connectivity index (χ3v) is 8.10. The fourth-order valence-electron chi connectivity index (χ4n) is 3.09. The van der Waals surface area contributed by atoms with Crippen molar-refractivity contribution in [2.24, 2.45) is 4.99 Å². The molecular weight excluding hydrogens is 498 g/mol. The summed E-state index contributed by atoms with van der Waals surface area (Å²) in [4.78, 5) is 17.8. The molecule has 0 aliphatic heterocycles. The lowest BCUT2D eigenvalue weighted by Gasteiger charge is -2.19.